The van der Waals surface area contributed by atoms with E-state index < -0.39 is 0 Å². The maximum atomic E-state index is 11.1. The van der Waals surface area contributed by atoms with Crippen molar-refractivity contribution >= 4 is 5.97 Å². The van der Waals surface area contributed by atoms with Crippen molar-refractivity contribution in [1.29, 1.82) is 0 Å². The van der Waals surface area contributed by atoms with Gasteiger partial charge in [0, 0.05) is 26.6 Å². The fraction of sp³-hybridized carbons (Fsp3) is 0.316. The lowest BCUT2D eigenvalue weighted by Crippen LogP contribution is -2.30. The number of fused-ring (bicyclic) bond motifs is 1. The molecule has 3 rings (SSSR count). The molecule has 126 valence electrons. The predicted octanol–water partition coefficient (Wildman–Crippen LogP) is 2.88. The van der Waals surface area contributed by atoms with Crippen molar-refractivity contribution in [3.05, 3.63) is 53.1 Å². The van der Waals surface area contributed by atoms with Crippen LogP contribution >= 0.6 is 0 Å². The third-order valence-electron chi connectivity index (χ3n) is 4.16. The van der Waals surface area contributed by atoms with E-state index in [1.165, 1.54) is 18.1 Å². The van der Waals surface area contributed by atoms with Crippen molar-refractivity contribution < 1.29 is 19.4 Å². The van der Waals surface area contributed by atoms with Gasteiger partial charge in [-0.2, -0.15) is 0 Å². The van der Waals surface area contributed by atoms with Crippen molar-refractivity contribution in [2.75, 3.05) is 13.7 Å². The highest BCUT2D eigenvalue weighted by Crippen LogP contribution is 2.32. The highest BCUT2D eigenvalue weighted by molar-refractivity contribution is 5.69. The minimum absolute atomic E-state index is 0.193. The first kappa shape index (κ1) is 16.3. The van der Waals surface area contributed by atoms with E-state index in [0.717, 1.165) is 31.6 Å². The first-order chi connectivity index (χ1) is 11.5. The van der Waals surface area contributed by atoms with Crippen molar-refractivity contribution in [3.8, 4) is 17.2 Å². The van der Waals surface area contributed by atoms with Crippen LogP contribution in [0.1, 0.15) is 23.6 Å². The first-order valence-electron chi connectivity index (χ1n) is 7.93. The van der Waals surface area contributed by atoms with Gasteiger partial charge in [0.05, 0.1) is 7.11 Å². The molecule has 5 nitrogen and oxygen atoms in total. The number of phenols is 1. The summed E-state index contributed by atoms with van der Waals surface area (Å²) in [5.41, 5.74) is 3.44. The minimum atomic E-state index is -0.314. The number of ether oxygens (including phenoxy) is 2. The number of methoxy groups -OCH3 is 1. The average Bonchev–Trinajstić information content (AvgIpc) is 2.54. The molecule has 1 aliphatic rings. The third-order valence-corrected chi connectivity index (χ3v) is 4.16. The average molecular weight is 327 g/mol. The Bertz CT molecular complexity index is 757. The molecular formula is C19H21NO4. The summed E-state index contributed by atoms with van der Waals surface area (Å²) < 4.78 is 10.3. The summed E-state index contributed by atoms with van der Waals surface area (Å²) in [4.78, 5) is 13.4. The van der Waals surface area contributed by atoms with Crippen LogP contribution in [0.2, 0.25) is 0 Å². The Morgan fingerprint density at radius 1 is 1.25 bits per heavy atom. The smallest absolute Gasteiger partial charge is 0.308 e. The molecule has 2 aromatic rings. The SMILES string of the molecule is COc1cc2c(cc1O)CCN(Cc1cccc(OC(C)=O)c1)C2. The van der Waals surface area contributed by atoms with Crippen molar-refractivity contribution in [1.82, 2.24) is 4.90 Å². The predicted molar refractivity (Wildman–Crippen MR) is 90.2 cm³/mol. The van der Waals surface area contributed by atoms with Crippen LogP contribution in [0.5, 0.6) is 17.2 Å². The van der Waals surface area contributed by atoms with Gasteiger partial charge in [0.1, 0.15) is 5.75 Å². The summed E-state index contributed by atoms with van der Waals surface area (Å²) in [7, 11) is 1.56. The molecule has 0 aromatic heterocycles. The second-order valence-corrected chi connectivity index (χ2v) is 5.99. The maximum Gasteiger partial charge on any atom is 0.308 e. The molecule has 2 aromatic carbocycles. The van der Waals surface area contributed by atoms with Gasteiger partial charge in [0.15, 0.2) is 11.5 Å². The minimum Gasteiger partial charge on any atom is -0.504 e. The summed E-state index contributed by atoms with van der Waals surface area (Å²) in [5.74, 6) is 0.959. The number of carbonyl (C=O) groups is 1. The van der Waals surface area contributed by atoms with E-state index in [0.29, 0.717) is 11.5 Å². The summed E-state index contributed by atoms with van der Waals surface area (Å²) in [5, 5.41) is 9.89. The fourth-order valence-corrected chi connectivity index (χ4v) is 3.06. The molecule has 0 saturated heterocycles. The molecule has 5 heteroatoms. The first-order valence-corrected chi connectivity index (χ1v) is 7.93. The molecule has 1 heterocycles. The second kappa shape index (κ2) is 6.93. The highest BCUT2D eigenvalue weighted by atomic mass is 16.5. The summed E-state index contributed by atoms with van der Waals surface area (Å²) >= 11 is 0. The standard InChI is InChI=1S/C19H21NO4/c1-13(21)24-17-5-3-4-14(8-17)11-20-7-6-15-9-18(22)19(23-2)10-16(15)12-20/h3-5,8-10,22H,6-7,11-12H2,1-2H3. The van der Waals surface area contributed by atoms with Crippen LogP contribution < -0.4 is 9.47 Å². The molecule has 0 bridgehead atoms. The van der Waals surface area contributed by atoms with Gasteiger partial charge in [-0.15, -0.1) is 0 Å². The second-order valence-electron chi connectivity index (χ2n) is 5.99. The zero-order valence-corrected chi connectivity index (χ0v) is 13.9. The maximum absolute atomic E-state index is 11.1. The van der Waals surface area contributed by atoms with E-state index in [1.807, 2.05) is 24.3 Å². The van der Waals surface area contributed by atoms with E-state index in [2.05, 4.69) is 4.90 Å². The largest absolute Gasteiger partial charge is 0.504 e. The van der Waals surface area contributed by atoms with Crippen molar-refractivity contribution in [2.24, 2.45) is 0 Å². The molecule has 0 amide bonds. The number of carbonyl (C=O) groups excluding carboxylic acids is 1. The van der Waals surface area contributed by atoms with E-state index in [-0.39, 0.29) is 11.7 Å². The van der Waals surface area contributed by atoms with E-state index in [4.69, 9.17) is 9.47 Å². The molecule has 0 saturated carbocycles. The van der Waals surface area contributed by atoms with Crippen LogP contribution in [-0.2, 0) is 24.3 Å². The fourth-order valence-electron chi connectivity index (χ4n) is 3.06. The van der Waals surface area contributed by atoms with Gasteiger partial charge >= 0.3 is 5.97 Å². The topological polar surface area (TPSA) is 59.0 Å². The van der Waals surface area contributed by atoms with Crippen LogP contribution in [0, 0.1) is 0 Å². The molecule has 1 aliphatic heterocycles. The Kier molecular flexibility index (Phi) is 4.71. The van der Waals surface area contributed by atoms with E-state index >= 15 is 0 Å². The zero-order valence-electron chi connectivity index (χ0n) is 13.9. The van der Waals surface area contributed by atoms with Gasteiger partial charge in [-0.05, 0) is 47.4 Å². The Labute approximate surface area is 141 Å². The summed E-state index contributed by atoms with van der Waals surface area (Å²) in [6.07, 6.45) is 0.885. The molecule has 0 unspecified atom stereocenters. The van der Waals surface area contributed by atoms with Crippen LogP contribution in [-0.4, -0.2) is 29.6 Å². The lowest BCUT2D eigenvalue weighted by atomic mass is 9.98. The normalized spacial score (nSPS) is 14.1. The Morgan fingerprint density at radius 3 is 2.83 bits per heavy atom. The van der Waals surface area contributed by atoms with E-state index in [9.17, 15) is 9.90 Å². The Balaban J connectivity index is 1.73. The highest BCUT2D eigenvalue weighted by Gasteiger charge is 2.19. The van der Waals surface area contributed by atoms with E-state index in [1.54, 1.807) is 19.2 Å². The molecule has 0 fully saturated rings. The molecule has 1 N–H and O–H groups in total. The van der Waals surface area contributed by atoms with Crippen molar-refractivity contribution in [2.45, 2.75) is 26.4 Å². The van der Waals surface area contributed by atoms with Crippen LogP contribution in [0.3, 0.4) is 0 Å². The number of hydrogen-bond donors (Lipinski definition) is 1. The lowest BCUT2D eigenvalue weighted by molar-refractivity contribution is -0.131. The molecule has 0 spiro atoms. The summed E-state index contributed by atoms with van der Waals surface area (Å²) in [6.45, 7) is 3.88. The number of rotatable bonds is 4. The number of hydrogen-bond acceptors (Lipinski definition) is 5. The van der Waals surface area contributed by atoms with Gasteiger partial charge < -0.3 is 14.6 Å². The zero-order chi connectivity index (χ0) is 17.1. The molecular weight excluding hydrogens is 306 g/mol. The molecule has 0 radical (unpaired) electrons. The quantitative estimate of drug-likeness (QED) is 0.691. The molecule has 0 atom stereocenters. The number of aromatic hydroxyl groups is 1. The number of esters is 1. The van der Waals surface area contributed by atoms with Crippen LogP contribution in [0.25, 0.3) is 0 Å². The monoisotopic (exact) mass is 327 g/mol. The van der Waals surface area contributed by atoms with Crippen LogP contribution in [0.4, 0.5) is 0 Å². The van der Waals surface area contributed by atoms with Gasteiger partial charge in [-0.1, -0.05) is 12.1 Å². The summed E-state index contributed by atoms with van der Waals surface area (Å²) in [6, 6.07) is 11.3. The number of benzene rings is 2. The van der Waals surface area contributed by atoms with Gasteiger partial charge in [-0.3, -0.25) is 9.69 Å². The molecule has 0 aliphatic carbocycles. The van der Waals surface area contributed by atoms with Gasteiger partial charge in [0.25, 0.3) is 0 Å². The van der Waals surface area contributed by atoms with Gasteiger partial charge in [-0.25, -0.2) is 0 Å². The van der Waals surface area contributed by atoms with Crippen LogP contribution in [0.15, 0.2) is 36.4 Å². The number of nitrogens with zero attached hydrogens (tertiary/aromatic N) is 1. The Morgan fingerprint density at radius 2 is 2.08 bits per heavy atom. The van der Waals surface area contributed by atoms with Crippen molar-refractivity contribution in [3.63, 3.8) is 0 Å². The molecule has 24 heavy (non-hydrogen) atoms. The van der Waals surface area contributed by atoms with Gasteiger partial charge in [0.2, 0.25) is 0 Å². The lowest BCUT2D eigenvalue weighted by Gasteiger charge is -2.29. The third kappa shape index (κ3) is 3.68. The number of phenolic OH excluding ortho intramolecular Hbond substituents is 1. The Hall–Kier alpha value is -2.53.